The molecule has 2 aliphatic heterocycles. The number of benzene rings is 1. The molecule has 7 heteroatoms. The number of halogens is 3. The zero-order chi connectivity index (χ0) is 14.7. The summed E-state index contributed by atoms with van der Waals surface area (Å²) >= 11 is 0. The highest BCUT2D eigenvalue weighted by atomic mass is 35.5. The van der Waals surface area contributed by atoms with E-state index in [2.05, 4.69) is 10.2 Å². The van der Waals surface area contributed by atoms with Crippen LogP contribution >= 0.6 is 24.8 Å². The molecule has 0 aromatic heterocycles. The highest BCUT2D eigenvalue weighted by molar-refractivity contribution is 5.85. The summed E-state index contributed by atoms with van der Waals surface area (Å²) in [5, 5.41) is 12.8. The number of hydrogen-bond donors (Lipinski definition) is 2. The molecular weight excluding hydrogens is 342 g/mol. The molecule has 2 aliphatic rings. The summed E-state index contributed by atoms with van der Waals surface area (Å²) in [5.41, 5.74) is 0.971. The van der Waals surface area contributed by atoms with Gasteiger partial charge in [0.2, 0.25) is 0 Å². The van der Waals surface area contributed by atoms with Crippen molar-refractivity contribution in [1.29, 1.82) is 0 Å². The minimum atomic E-state index is -0.528. The lowest BCUT2D eigenvalue weighted by molar-refractivity contribution is 0.0212. The van der Waals surface area contributed by atoms with Crippen LogP contribution in [0.25, 0.3) is 0 Å². The van der Waals surface area contributed by atoms with Gasteiger partial charge in [0.15, 0.2) is 11.6 Å². The summed E-state index contributed by atoms with van der Waals surface area (Å²) in [6.07, 6.45) is 2.02. The van der Waals surface area contributed by atoms with E-state index in [1.54, 1.807) is 0 Å². The van der Waals surface area contributed by atoms with E-state index < -0.39 is 5.82 Å². The first-order valence-electron chi connectivity index (χ1n) is 7.76. The molecule has 3 rings (SSSR count). The molecule has 132 valence electrons. The van der Waals surface area contributed by atoms with Crippen LogP contribution in [0.1, 0.15) is 24.4 Å². The minimum Gasteiger partial charge on any atom is -0.505 e. The Morgan fingerprint density at radius 2 is 1.83 bits per heavy atom. The van der Waals surface area contributed by atoms with E-state index in [1.807, 2.05) is 6.07 Å². The van der Waals surface area contributed by atoms with Crippen LogP contribution in [0, 0.1) is 11.7 Å². The van der Waals surface area contributed by atoms with Gasteiger partial charge >= 0.3 is 0 Å². The highest BCUT2D eigenvalue weighted by Crippen LogP contribution is 2.36. The van der Waals surface area contributed by atoms with E-state index in [9.17, 15) is 9.50 Å². The van der Waals surface area contributed by atoms with Crippen molar-refractivity contribution in [1.82, 2.24) is 10.2 Å². The second kappa shape index (κ2) is 9.64. The molecule has 2 heterocycles. The van der Waals surface area contributed by atoms with Crippen molar-refractivity contribution in [3.63, 3.8) is 0 Å². The molecule has 4 nitrogen and oxygen atoms in total. The molecule has 1 aromatic rings. The lowest BCUT2D eigenvalue weighted by Gasteiger charge is -2.41. The molecule has 2 fully saturated rings. The molecule has 0 bridgehead atoms. The maximum absolute atomic E-state index is 13.8. The van der Waals surface area contributed by atoms with Crippen LogP contribution in [0.3, 0.4) is 0 Å². The third kappa shape index (κ3) is 4.94. The van der Waals surface area contributed by atoms with E-state index in [1.165, 1.54) is 12.1 Å². The summed E-state index contributed by atoms with van der Waals surface area (Å²) in [4.78, 5) is 2.44. The Morgan fingerprint density at radius 3 is 2.43 bits per heavy atom. The summed E-state index contributed by atoms with van der Waals surface area (Å²) < 4.78 is 19.2. The molecule has 0 amide bonds. The van der Waals surface area contributed by atoms with E-state index in [0.29, 0.717) is 5.92 Å². The predicted molar refractivity (Wildman–Crippen MR) is 93.3 cm³/mol. The number of hydrogen-bond acceptors (Lipinski definition) is 4. The molecule has 0 spiro atoms. The van der Waals surface area contributed by atoms with Gasteiger partial charge in [-0.05, 0) is 36.5 Å². The largest absolute Gasteiger partial charge is 0.505 e. The monoisotopic (exact) mass is 366 g/mol. The quantitative estimate of drug-likeness (QED) is 0.863. The van der Waals surface area contributed by atoms with Crippen LogP contribution < -0.4 is 5.32 Å². The van der Waals surface area contributed by atoms with Crippen LogP contribution in [0.2, 0.25) is 0 Å². The SMILES string of the molecule is Cl.Cl.Oc1ccc([C@H](C2CCOCC2)N2CCNCC2)cc1F. The molecule has 0 saturated carbocycles. The Bertz CT molecular complexity index is 463. The number of nitrogens with one attached hydrogen (secondary N) is 1. The average Bonchev–Trinajstić information content (AvgIpc) is 2.53. The number of nitrogens with zero attached hydrogens (tertiary/aromatic N) is 1. The van der Waals surface area contributed by atoms with Gasteiger partial charge in [-0.2, -0.15) is 0 Å². The zero-order valence-corrected chi connectivity index (χ0v) is 14.7. The lowest BCUT2D eigenvalue weighted by atomic mass is 9.85. The summed E-state index contributed by atoms with van der Waals surface area (Å²) in [6, 6.07) is 5.04. The summed E-state index contributed by atoms with van der Waals surface area (Å²) in [6.45, 7) is 5.47. The van der Waals surface area contributed by atoms with Gasteiger partial charge in [-0.15, -0.1) is 24.8 Å². The highest BCUT2D eigenvalue weighted by Gasteiger charge is 2.31. The molecule has 2 N–H and O–H groups in total. The molecule has 0 unspecified atom stereocenters. The smallest absolute Gasteiger partial charge is 0.165 e. The fourth-order valence-corrected chi connectivity index (χ4v) is 3.48. The fraction of sp³-hybridized carbons (Fsp3) is 0.625. The van der Waals surface area contributed by atoms with Crippen molar-refractivity contribution in [2.75, 3.05) is 39.4 Å². The second-order valence-corrected chi connectivity index (χ2v) is 5.89. The molecule has 1 aromatic carbocycles. The number of aromatic hydroxyl groups is 1. The van der Waals surface area contributed by atoms with Gasteiger partial charge < -0.3 is 15.2 Å². The van der Waals surface area contributed by atoms with E-state index in [0.717, 1.165) is 57.8 Å². The van der Waals surface area contributed by atoms with Crippen molar-refractivity contribution < 1.29 is 14.2 Å². The van der Waals surface area contributed by atoms with E-state index in [-0.39, 0.29) is 36.6 Å². The van der Waals surface area contributed by atoms with Crippen LogP contribution in [-0.2, 0) is 4.74 Å². The molecule has 0 radical (unpaired) electrons. The average molecular weight is 367 g/mol. The molecule has 23 heavy (non-hydrogen) atoms. The number of phenols is 1. The van der Waals surface area contributed by atoms with Crippen LogP contribution in [0.5, 0.6) is 5.75 Å². The number of phenolic OH excluding ortho intramolecular Hbond substituents is 1. The Balaban J connectivity index is 0.00000132. The number of ether oxygens (including phenoxy) is 1. The lowest BCUT2D eigenvalue weighted by Crippen LogP contribution is -2.47. The Hall–Kier alpha value is -0.590. The van der Waals surface area contributed by atoms with Crippen LogP contribution in [0.15, 0.2) is 18.2 Å². The van der Waals surface area contributed by atoms with E-state index in [4.69, 9.17) is 4.74 Å². The Labute approximate surface area is 149 Å². The van der Waals surface area contributed by atoms with E-state index >= 15 is 0 Å². The van der Waals surface area contributed by atoms with Gasteiger partial charge in [-0.3, -0.25) is 4.90 Å². The summed E-state index contributed by atoms with van der Waals surface area (Å²) in [5.74, 6) is -0.315. The molecule has 0 aliphatic carbocycles. The summed E-state index contributed by atoms with van der Waals surface area (Å²) in [7, 11) is 0. The maximum Gasteiger partial charge on any atom is 0.165 e. The second-order valence-electron chi connectivity index (χ2n) is 5.89. The number of piperazine rings is 1. The standard InChI is InChI=1S/C16H23FN2O2.2ClH/c17-14-11-13(1-2-15(14)20)16(12-3-9-21-10-4-12)19-7-5-18-6-8-19;;/h1-2,11-12,16,18,20H,3-10H2;2*1H/t16-;;/m0../s1. The van der Waals surface area contributed by atoms with Gasteiger partial charge in [-0.1, -0.05) is 6.07 Å². The van der Waals surface area contributed by atoms with Crippen LogP contribution in [-0.4, -0.2) is 49.4 Å². The van der Waals surface area contributed by atoms with Crippen molar-refractivity contribution >= 4 is 24.8 Å². The van der Waals surface area contributed by atoms with Gasteiger partial charge in [0.05, 0.1) is 0 Å². The third-order valence-corrected chi connectivity index (χ3v) is 4.57. The number of rotatable bonds is 3. The Morgan fingerprint density at radius 1 is 1.17 bits per heavy atom. The first-order valence-corrected chi connectivity index (χ1v) is 7.76. The fourth-order valence-electron chi connectivity index (χ4n) is 3.48. The minimum absolute atomic E-state index is 0. The van der Waals surface area contributed by atoms with Gasteiger partial charge in [0.1, 0.15) is 0 Å². The maximum atomic E-state index is 13.8. The van der Waals surface area contributed by atoms with Gasteiger partial charge in [0.25, 0.3) is 0 Å². The first kappa shape index (κ1) is 20.5. The predicted octanol–water partition coefficient (Wildman–Crippen LogP) is 2.75. The first-order chi connectivity index (χ1) is 10.3. The van der Waals surface area contributed by atoms with Crippen molar-refractivity contribution in [3.8, 4) is 5.75 Å². The molecule has 2 saturated heterocycles. The third-order valence-electron chi connectivity index (χ3n) is 4.57. The van der Waals surface area contributed by atoms with Crippen molar-refractivity contribution in [3.05, 3.63) is 29.6 Å². The normalized spacial score (nSPS) is 21.1. The Kier molecular flexibility index (Phi) is 8.58. The van der Waals surface area contributed by atoms with Crippen molar-refractivity contribution in [2.45, 2.75) is 18.9 Å². The topological polar surface area (TPSA) is 44.7 Å². The molecule has 1 atom stereocenters. The molecular formula is C16H25Cl2FN2O2. The van der Waals surface area contributed by atoms with Gasteiger partial charge in [-0.25, -0.2) is 4.39 Å². The zero-order valence-electron chi connectivity index (χ0n) is 13.0. The van der Waals surface area contributed by atoms with Gasteiger partial charge in [0, 0.05) is 45.4 Å². The van der Waals surface area contributed by atoms with Crippen molar-refractivity contribution in [2.24, 2.45) is 5.92 Å². The van der Waals surface area contributed by atoms with Crippen LogP contribution in [0.4, 0.5) is 4.39 Å².